The number of aliphatic carboxylic acids is 1. The lowest BCUT2D eigenvalue weighted by atomic mass is 10.2. The molecular formula is C20H16F3N5O3. The van der Waals surface area contributed by atoms with Crippen molar-refractivity contribution < 1.29 is 27.9 Å². The minimum atomic E-state index is -5.08. The minimum absolute atomic E-state index is 0.231. The van der Waals surface area contributed by atoms with Crippen molar-refractivity contribution in [3.05, 3.63) is 78.8 Å². The van der Waals surface area contributed by atoms with Gasteiger partial charge in [0, 0.05) is 36.2 Å². The van der Waals surface area contributed by atoms with Crippen molar-refractivity contribution in [3.8, 4) is 5.69 Å². The van der Waals surface area contributed by atoms with Crippen LogP contribution in [0.4, 0.5) is 18.9 Å². The number of nitrogens with zero attached hydrogens (tertiary/aromatic N) is 4. The Morgan fingerprint density at radius 1 is 1.06 bits per heavy atom. The summed E-state index contributed by atoms with van der Waals surface area (Å²) in [5.74, 6) is -2.07. The summed E-state index contributed by atoms with van der Waals surface area (Å²) in [5, 5.41) is 9.99. The number of hydrogen-bond donors (Lipinski definition) is 2. The SMILES string of the molecule is Cc1nccn1-c1ccc(NC(=O)c2cn3ccccc3n2)cc1.O=C(O)C(F)(F)F. The highest BCUT2D eigenvalue weighted by molar-refractivity contribution is 6.03. The number of aromatic nitrogens is 4. The maximum Gasteiger partial charge on any atom is 0.490 e. The number of alkyl halides is 3. The van der Waals surface area contributed by atoms with Gasteiger partial charge < -0.3 is 19.4 Å². The lowest BCUT2D eigenvalue weighted by molar-refractivity contribution is -0.192. The van der Waals surface area contributed by atoms with Crippen LogP contribution in [0.15, 0.2) is 67.3 Å². The lowest BCUT2D eigenvalue weighted by Gasteiger charge is -2.07. The van der Waals surface area contributed by atoms with E-state index in [0.29, 0.717) is 5.69 Å². The van der Waals surface area contributed by atoms with E-state index in [1.165, 1.54) is 0 Å². The second kappa shape index (κ2) is 8.69. The van der Waals surface area contributed by atoms with Gasteiger partial charge in [-0.05, 0) is 43.3 Å². The van der Waals surface area contributed by atoms with Gasteiger partial charge in [-0.2, -0.15) is 13.2 Å². The first kappa shape index (κ1) is 21.6. The Kier molecular flexibility index (Phi) is 6.05. The van der Waals surface area contributed by atoms with E-state index in [1.807, 2.05) is 70.7 Å². The maximum atomic E-state index is 12.3. The summed E-state index contributed by atoms with van der Waals surface area (Å²) in [4.78, 5) is 29.8. The molecule has 11 heteroatoms. The molecular weight excluding hydrogens is 415 g/mol. The zero-order valence-electron chi connectivity index (χ0n) is 16.0. The molecule has 0 aliphatic rings. The molecule has 0 fully saturated rings. The first-order valence-corrected chi connectivity index (χ1v) is 8.81. The van der Waals surface area contributed by atoms with Gasteiger partial charge in [0.15, 0.2) is 0 Å². The third-order valence-electron chi connectivity index (χ3n) is 4.07. The molecule has 0 aliphatic carbocycles. The van der Waals surface area contributed by atoms with Crippen molar-refractivity contribution in [1.82, 2.24) is 18.9 Å². The third kappa shape index (κ3) is 5.26. The molecule has 3 aromatic heterocycles. The molecule has 4 rings (SSSR count). The second-order valence-corrected chi connectivity index (χ2v) is 6.24. The number of benzene rings is 1. The molecule has 160 valence electrons. The Labute approximate surface area is 173 Å². The molecule has 2 N–H and O–H groups in total. The number of amides is 1. The molecule has 31 heavy (non-hydrogen) atoms. The highest BCUT2D eigenvalue weighted by atomic mass is 19.4. The second-order valence-electron chi connectivity index (χ2n) is 6.24. The number of carbonyl (C=O) groups excluding carboxylic acids is 1. The molecule has 0 saturated carbocycles. The number of fused-ring (bicyclic) bond motifs is 1. The van der Waals surface area contributed by atoms with E-state index in [9.17, 15) is 18.0 Å². The average Bonchev–Trinajstić information content (AvgIpc) is 3.34. The normalized spacial score (nSPS) is 11.0. The van der Waals surface area contributed by atoms with Crippen LogP contribution in [0.2, 0.25) is 0 Å². The number of aryl methyl sites for hydroxylation is 1. The maximum absolute atomic E-state index is 12.3. The number of nitrogens with one attached hydrogen (secondary N) is 1. The van der Waals surface area contributed by atoms with Gasteiger partial charge in [0.2, 0.25) is 0 Å². The summed E-state index contributed by atoms with van der Waals surface area (Å²) in [6.07, 6.45) is 2.16. The number of carboxylic acid groups (broad SMARTS) is 1. The molecule has 0 saturated heterocycles. The van der Waals surface area contributed by atoms with Crippen molar-refractivity contribution in [3.63, 3.8) is 0 Å². The number of rotatable bonds is 3. The van der Waals surface area contributed by atoms with Crippen LogP contribution in [0.5, 0.6) is 0 Å². The van der Waals surface area contributed by atoms with Gasteiger partial charge in [0.25, 0.3) is 5.91 Å². The van der Waals surface area contributed by atoms with Crippen LogP contribution in [0.1, 0.15) is 16.3 Å². The summed E-state index contributed by atoms with van der Waals surface area (Å²) in [6, 6.07) is 13.2. The predicted molar refractivity (Wildman–Crippen MR) is 105 cm³/mol. The fourth-order valence-electron chi connectivity index (χ4n) is 2.60. The van der Waals surface area contributed by atoms with Crippen LogP contribution >= 0.6 is 0 Å². The van der Waals surface area contributed by atoms with Gasteiger partial charge in [-0.25, -0.2) is 14.8 Å². The molecule has 0 radical (unpaired) electrons. The number of carbonyl (C=O) groups is 2. The largest absolute Gasteiger partial charge is 0.490 e. The Bertz CT molecular complexity index is 1180. The van der Waals surface area contributed by atoms with Crippen LogP contribution in [-0.2, 0) is 4.79 Å². The molecule has 8 nitrogen and oxygen atoms in total. The van der Waals surface area contributed by atoms with Crippen LogP contribution < -0.4 is 5.32 Å². The van der Waals surface area contributed by atoms with Crippen LogP contribution in [0.3, 0.4) is 0 Å². The fraction of sp³-hybridized carbons (Fsp3) is 0.100. The van der Waals surface area contributed by atoms with Gasteiger partial charge in [-0.1, -0.05) is 6.07 Å². The van der Waals surface area contributed by atoms with E-state index in [0.717, 1.165) is 22.8 Å². The van der Waals surface area contributed by atoms with E-state index in [2.05, 4.69) is 15.3 Å². The van der Waals surface area contributed by atoms with Crippen molar-refractivity contribution in [2.24, 2.45) is 0 Å². The molecule has 0 unspecified atom stereocenters. The van der Waals surface area contributed by atoms with Gasteiger partial charge in [-0.3, -0.25) is 4.79 Å². The quantitative estimate of drug-likeness (QED) is 0.515. The highest BCUT2D eigenvalue weighted by Crippen LogP contribution is 2.16. The first-order valence-electron chi connectivity index (χ1n) is 8.81. The van der Waals surface area contributed by atoms with Gasteiger partial charge in [0.05, 0.1) is 0 Å². The first-order chi connectivity index (χ1) is 14.6. The van der Waals surface area contributed by atoms with Crippen molar-refractivity contribution in [1.29, 1.82) is 0 Å². The van der Waals surface area contributed by atoms with Crippen LogP contribution in [-0.4, -0.2) is 42.1 Å². The molecule has 0 atom stereocenters. The number of imidazole rings is 2. The third-order valence-corrected chi connectivity index (χ3v) is 4.07. The fourth-order valence-corrected chi connectivity index (χ4v) is 2.60. The van der Waals surface area contributed by atoms with Gasteiger partial charge in [-0.15, -0.1) is 0 Å². The molecule has 0 spiro atoms. The van der Waals surface area contributed by atoms with Gasteiger partial charge in [0.1, 0.15) is 17.2 Å². The van der Waals surface area contributed by atoms with E-state index >= 15 is 0 Å². The zero-order valence-corrected chi connectivity index (χ0v) is 16.0. The van der Waals surface area contributed by atoms with Crippen molar-refractivity contribution in [2.75, 3.05) is 5.32 Å². The van der Waals surface area contributed by atoms with Gasteiger partial charge >= 0.3 is 12.1 Å². The van der Waals surface area contributed by atoms with E-state index in [4.69, 9.17) is 9.90 Å². The van der Waals surface area contributed by atoms with E-state index < -0.39 is 12.1 Å². The minimum Gasteiger partial charge on any atom is -0.475 e. The monoisotopic (exact) mass is 431 g/mol. The standard InChI is InChI=1S/C18H15N5O.C2HF3O2/c1-13-19-9-11-23(13)15-7-5-14(6-8-15)20-18(24)16-12-22-10-3-2-4-17(22)21-16;3-2(4,5)1(6)7/h2-12H,1H3,(H,20,24);(H,6,7). The summed E-state index contributed by atoms with van der Waals surface area (Å²) >= 11 is 0. The summed E-state index contributed by atoms with van der Waals surface area (Å²) < 4.78 is 35.5. The molecule has 1 aromatic carbocycles. The van der Waals surface area contributed by atoms with E-state index in [1.54, 1.807) is 12.4 Å². The van der Waals surface area contributed by atoms with Crippen molar-refractivity contribution in [2.45, 2.75) is 13.1 Å². The Hall–Kier alpha value is -4.15. The number of anilines is 1. The molecule has 3 heterocycles. The summed E-state index contributed by atoms with van der Waals surface area (Å²) in [5.41, 5.74) is 2.85. The highest BCUT2D eigenvalue weighted by Gasteiger charge is 2.38. The van der Waals surface area contributed by atoms with Crippen LogP contribution in [0, 0.1) is 6.92 Å². The Balaban J connectivity index is 0.000000339. The molecule has 4 aromatic rings. The molecule has 1 amide bonds. The zero-order chi connectivity index (χ0) is 22.6. The van der Waals surface area contributed by atoms with E-state index in [-0.39, 0.29) is 5.91 Å². The topological polar surface area (TPSA) is 102 Å². The Morgan fingerprint density at radius 3 is 2.29 bits per heavy atom. The summed E-state index contributed by atoms with van der Waals surface area (Å²) in [7, 11) is 0. The Morgan fingerprint density at radius 2 is 1.74 bits per heavy atom. The van der Waals surface area contributed by atoms with Crippen LogP contribution in [0.25, 0.3) is 11.3 Å². The number of carboxylic acids is 1. The summed E-state index contributed by atoms with van der Waals surface area (Å²) in [6.45, 7) is 1.94. The average molecular weight is 431 g/mol. The smallest absolute Gasteiger partial charge is 0.475 e. The number of hydrogen-bond acceptors (Lipinski definition) is 4. The molecule has 0 bridgehead atoms. The predicted octanol–water partition coefficient (Wildman–Crippen LogP) is 3.71. The van der Waals surface area contributed by atoms with Crippen molar-refractivity contribution >= 4 is 23.2 Å². The lowest BCUT2D eigenvalue weighted by Crippen LogP contribution is -2.21. The number of pyridine rings is 1. The molecule has 0 aliphatic heterocycles. The number of halogens is 3.